The van der Waals surface area contributed by atoms with Crippen molar-refractivity contribution in [1.82, 2.24) is 10.3 Å². The van der Waals surface area contributed by atoms with E-state index in [9.17, 15) is 13.6 Å². The minimum Gasteiger partial charge on any atom is -0.364 e. The number of amides is 1. The van der Waals surface area contributed by atoms with Crippen LogP contribution in [0, 0.1) is 11.6 Å². The number of ether oxygens (including phenoxy) is 1. The zero-order chi connectivity index (χ0) is 17.8. The first-order chi connectivity index (χ1) is 12.0. The molecule has 0 saturated heterocycles. The summed E-state index contributed by atoms with van der Waals surface area (Å²) in [6, 6.07) is 10.4. The van der Waals surface area contributed by atoms with E-state index in [2.05, 4.69) is 10.3 Å². The predicted molar refractivity (Wildman–Crippen MR) is 92.2 cm³/mol. The summed E-state index contributed by atoms with van der Waals surface area (Å²) < 4.78 is 33.1. The van der Waals surface area contributed by atoms with Gasteiger partial charge in [0.15, 0.2) is 0 Å². The highest BCUT2D eigenvalue weighted by Crippen LogP contribution is 2.22. The Bertz CT molecular complexity index is 865. The molecule has 0 unspecified atom stereocenters. The lowest BCUT2D eigenvalue weighted by molar-refractivity contribution is -0.126. The summed E-state index contributed by atoms with van der Waals surface area (Å²) >= 11 is 1.51. The molecule has 3 aromatic rings. The molecule has 2 aromatic carbocycles. The van der Waals surface area contributed by atoms with Gasteiger partial charge in [0, 0.05) is 11.6 Å². The number of thiazole rings is 1. The van der Waals surface area contributed by atoms with Gasteiger partial charge in [0.25, 0.3) is 0 Å². The van der Waals surface area contributed by atoms with Crippen LogP contribution in [0.3, 0.4) is 0 Å². The lowest BCUT2D eigenvalue weighted by atomic mass is 10.1. The van der Waals surface area contributed by atoms with E-state index in [4.69, 9.17) is 4.74 Å². The number of nitrogens with one attached hydrogen (secondary N) is 1. The summed E-state index contributed by atoms with van der Waals surface area (Å²) in [6.45, 7) is 1.69. The van der Waals surface area contributed by atoms with Gasteiger partial charge in [0.1, 0.15) is 23.2 Å². The predicted octanol–water partition coefficient (Wildman–Crippen LogP) is 3.97. The minimum absolute atomic E-state index is 0.164. The van der Waals surface area contributed by atoms with Gasteiger partial charge in [0.2, 0.25) is 5.91 Å². The van der Waals surface area contributed by atoms with Crippen LogP contribution in [0.4, 0.5) is 8.78 Å². The quantitative estimate of drug-likeness (QED) is 0.722. The van der Waals surface area contributed by atoms with Gasteiger partial charge >= 0.3 is 0 Å². The molecule has 130 valence electrons. The molecule has 1 N–H and O–H groups in total. The summed E-state index contributed by atoms with van der Waals surface area (Å²) in [5.74, 6) is -1.72. The number of halogens is 2. The molecule has 25 heavy (non-hydrogen) atoms. The number of hydrogen-bond acceptors (Lipinski definition) is 4. The van der Waals surface area contributed by atoms with E-state index in [1.54, 1.807) is 6.92 Å². The van der Waals surface area contributed by atoms with Crippen LogP contribution in [0.25, 0.3) is 10.2 Å². The van der Waals surface area contributed by atoms with E-state index in [0.717, 1.165) is 27.4 Å². The number of hydrogen-bond donors (Lipinski definition) is 1. The summed E-state index contributed by atoms with van der Waals surface area (Å²) in [5, 5.41) is 3.41. The van der Waals surface area contributed by atoms with Gasteiger partial charge in [0.05, 0.1) is 22.9 Å². The molecule has 4 nitrogen and oxygen atoms in total. The molecule has 1 heterocycles. The third kappa shape index (κ3) is 4.37. The normalized spacial score (nSPS) is 12.3. The molecule has 1 aromatic heterocycles. The monoisotopic (exact) mass is 362 g/mol. The van der Waals surface area contributed by atoms with Crippen LogP contribution >= 0.6 is 11.3 Å². The second kappa shape index (κ2) is 7.67. The van der Waals surface area contributed by atoms with Gasteiger partial charge in [-0.15, -0.1) is 11.3 Å². The van der Waals surface area contributed by atoms with Crippen molar-refractivity contribution < 1.29 is 18.3 Å². The fourth-order valence-corrected chi connectivity index (χ4v) is 3.33. The lowest BCUT2D eigenvalue weighted by Crippen LogP contribution is -2.30. The third-order valence-electron chi connectivity index (χ3n) is 3.60. The molecule has 0 aliphatic carbocycles. The zero-order valence-corrected chi connectivity index (χ0v) is 14.3. The van der Waals surface area contributed by atoms with Gasteiger partial charge in [-0.05, 0) is 25.1 Å². The van der Waals surface area contributed by atoms with Crippen LogP contribution in [0.5, 0.6) is 0 Å². The van der Waals surface area contributed by atoms with Gasteiger partial charge in [-0.1, -0.05) is 18.2 Å². The van der Waals surface area contributed by atoms with Crippen molar-refractivity contribution in [3.8, 4) is 0 Å². The molecule has 0 aliphatic rings. The fraction of sp³-hybridized carbons (Fsp3) is 0.222. The molecular weight excluding hydrogens is 346 g/mol. The molecule has 7 heteroatoms. The Morgan fingerprint density at radius 2 is 2.08 bits per heavy atom. The summed E-state index contributed by atoms with van der Waals surface area (Å²) in [5.41, 5.74) is 1.12. The molecule has 0 fully saturated rings. The number of aromatic nitrogens is 1. The Balaban J connectivity index is 1.50. The Kier molecular flexibility index (Phi) is 5.35. The van der Waals surface area contributed by atoms with Crippen molar-refractivity contribution in [2.24, 2.45) is 0 Å². The number of benzene rings is 2. The molecule has 0 aliphatic heterocycles. The molecule has 0 radical (unpaired) electrons. The van der Waals surface area contributed by atoms with Crippen LogP contribution < -0.4 is 5.32 Å². The van der Waals surface area contributed by atoms with Crippen molar-refractivity contribution in [1.29, 1.82) is 0 Å². The van der Waals surface area contributed by atoms with Gasteiger partial charge in [-0.2, -0.15) is 0 Å². The highest BCUT2D eigenvalue weighted by atomic mass is 32.1. The van der Waals surface area contributed by atoms with E-state index in [-0.39, 0.29) is 24.7 Å². The number of carbonyl (C=O) groups excluding carboxylic acids is 1. The zero-order valence-electron chi connectivity index (χ0n) is 13.5. The van der Waals surface area contributed by atoms with E-state index in [0.29, 0.717) is 0 Å². The van der Waals surface area contributed by atoms with Crippen molar-refractivity contribution in [2.45, 2.75) is 19.6 Å². The maximum atomic E-state index is 13.7. The van der Waals surface area contributed by atoms with Gasteiger partial charge in [-0.25, -0.2) is 13.8 Å². The van der Waals surface area contributed by atoms with E-state index in [1.807, 2.05) is 24.3 Å². The fourth-order valence-electron chi connectivity index (χ4n) is 2.43. The maximum Gasteiger partial charge on any atom is 0.246 e. The SMILES string of the molecule is C[C@H](NC(=O)COCc1nc2ccccc2s1)c1ccc(F)cc1F. The molecule has 0 spiro atoms. The molecule has 1 amide bonds. The molecule has 0 saturated carbocycles. The molecular formula is C18H16F2N2O2S. The van der Waals surface area contributed by atoms with Gasteiger partial charge < -0.3 is 10.1 Å². The first-order valence-electron chi connectivity index (χ1n) is 7.69. The van der Waals surface area contributed by atoms with Crippen molar-refractivity contribution >= 4 is 27.5 Å². The number of rotatable bonds is 6. The Morgan fingerprint density at radius 1 is 1.28 bits per heavy atom. The van der Waals surface area contributed by atoms with Gasteiger partial charge in [-0.3, -0.25) is 4.79 Å². The van der Waals surface area contributed by atoms with Crippen molar-refractivity contribution in [3.63, 3.8) is 0 Å². The first-order valence-corrected chi connectivity index (χ1v) is 8.51. The van der Waals surface area contributed by atoms with E-state index >= 15 is 0 Å². The smallest absolute Gasteiger partial charge is 0.246 e. The number of carbonyl (C=O) groups is 1. The van der Waals surface area contributed by atoms with E-state index < -0.39 is 17.7 Å². The Labute approximate surface area is 147 Å². The summed E-state index contributed by atoms with van der Waals surface area (Å²) in [6.07, 6.45) is 0. The van der Waals surface area contributed by atoms with Crippen LogP contribution in [0.1, 0.15) is 23.5 Å². The van der Waals surface area contributed by atoms with E-state index in [1.165, 1.54) is 17.4 Å². The standard InChI is InChI=1S/C18H16F2N2O2S/c1-11(13-7-6-12(19)8-14(13)20)21-17(23)9-24-10-18-22-15-4-2-3-5-16(15)25-18/h2-8,11H,9-10H2,1H3,(H,21,23)/t11-/m0/s1. The second-order valence-corrected chi connectivity index (χ2v) is 6.64. The van der Waals surface area contributed by atoms with Crippen LogP contribution in [0.2, 0.25) is 0 Å². The minimum atomic E-state index is -0.691. The summed E-state index contributed by atoms with van der Waals surface area (Å²) in [7, 11) is 0. The Morgan fingerprint density at radius 3 is 2.84 bits per heavy atom. The lowest BCUT2D eigenvalue weighted by Gasteiger charge is -2.15. The third-order valence-corrected chi connectivity index (χ3v) is 4.61. The number of nitrogens with zero attached hydrogens (tertiary/aromatic N) is 1. The number of para-hydroxylation sites is 1. The largest absolute Gasteiger partial charge is 0.364 e. The number of fused-ring (bicyclic) bond motifs is 1. The van der Waals surface area contributed by atoms with Crippen LogP contribution in [-0.4, -0.2) is 17.5 Å². The second-order valence-electron chi connectivity index (χ2n) is 5.52. The van der Waals surface area contributed by atoms with Crippen molar-refractivity contribution in [3.05, 3.63) is 64.7 Å². The average molecular weight is 362 g/mol. The topological polar surface area (TPSA) is 51.2 Å². The average Bonchev–Trinajstić information content (AvgIpc) is 2.97. The highest BCUT2D eigenvalue weighted by molar-refractivity contribution is 7.18. The highest BCUT2D eigenvalue weighted by Gasteiger charge is 2.14. The summed E-state index contributed by atoms with van der Waals surface area (Å²) in [4.78, 5) is 16.3. The Hall–Kier alpha value is -2.38. The maximum absolute atomic E-state index is 13.7. The molecule has 3 rings (SSSR count). The van der Waals surface area contributed by atoms with Crippen LogP contribution in [-0.2, 0) is 16.1 Å². The first kappa shape index (κ1) is 17.4. The molecule has 0 bridgehead atoms. The molecule has 1 atom stereocenters. The van der Waals surface area contributed by atoms with Crippen molar-refractivity contribution in [2.75, 3.05) is 6.61 Å². The van der Waals surface area contributed by atoms with Crippen LogP contribution in [0.15, 0.2) is 42.5 Å².